The standard InChI is InChI=1S/C25H26N4O/c1-3-29(21-8-6-7-18(2)15-21)25(30)24-16-20(12-14-27-24)26-13-11-19-17-28-23-10-5-4-9-22(19)23/h4-10,12,14-17,28H,3,11,13H2,1-2H3,(H,26,27). The van der Waals surface area contributed by atoms with E-state index in [0.29, 0.717) is 12.2 Å². The van der Waals surface area contributed by atoms with Crippen LogP contribution in [-0.4, -0.2) is 29.0 Å². The Labute approximate surface area is 176 Å². The first-order valence-corrected chi connectivity index (χ1v) is 10.3. The number of para-hydroxylation sites is 1. The van der Waals surface area contributed by atoms with Crippen LogP contribution in [0.5, 0.6) is 0 Å². The zero-order valence-corrected chi connectivity index (χ0v) is 17.4. The molecule has 0 spiro atoms. The number of rotatable bonds is 7. The number of pyridine rings is 1. The number of aryl methyl sites for hydroxylation is 1. The second kappa shape index (κ2) is 8.82. The number of anilines is 2. The number of nitrogens with one attached hydrogen (secondary N) is 2. The summed E-state index contributed by atoms with van der Waals surface area (Å²) < 4.78 is 0. The Morgan fingerprint density at radius 3 is 2.80 bits per heavy atom. The Kier molecular flexibility index (Phi) is 5.80. The van der Waals surface area contributed by atoms with Crippen LogP contribution in [0, 0.1) is 6.92 Å². The number of carbonyl (C=O) groups is 1. The fourth-order valence-electron chi connectivity index (χ4n) is 3.71. The minimum absolute atomic E-state index is 0.0941. The first kappa shape index (κ1) is 19.7. The van der Waals surface area contributed by atoms with Gasteiger partial charge in [-0.1, -0.05) is 30.3 Å². The van der Waals surface area contributed by atoms with Gasteiger partial charge in [-0.25, -0.2) is 0 Å². The number of carbonyl (C=O) groups excluding carboxylic acids is 1. The van der Waals surface area contributed by atoms with Crippen LogP contribution in [0.25, 0.3) is 10.9 Å². The molecule has 0 saturated carbocycles. The average molecular weight is 399 g/mol. The molecule has 4 rings (SSSR count). The van der Waals surface area contributed by atoms with Crippen molar-refractivity contribution in [3.8, 4) is 0 Å². The minimum atomic E-state index is -0.0941. The van der Waals surface area contributed by atoms with Gasteiger partial charge in [0.1, 0.15) is 5.69 Å². The molecule has 152 valence electrons. The zero-order chi connectivity index (χ0) is 20.9. The van der Waals surface area contributed by atoms with Crippen molar-refractivity contribution in [3.63, 3.8) is 0 Å². The molecule has 2 heterocycles. The number of aromatic amines is 1. The molecule has 5 heteroatoms. The molecule has 0 aliphatic rings. The van der Waals surface area contributed by atoms with Crippen molar-refractivity contribution in [2.45, 2.75) is 20.3 Å². The van der Waals surface area contributed by atoms with Crippen molar-refractivity contribution in [3.05, 3.63) is 89.9 Å². The van der Waals surface area contributed by atoms with E-state index in [0.717, 1.165) is 35.4 Å². The molecule has 4 aromatic rings. The fourth-order valence-corrected chi connectivity index (χ4v) is 3.71. The Morgan fingerprint density at radius 1 is 1.10 bits per heavy atom. The molecule has 2 aromatic heterocycles. The van der Waals surface area contributed by atoms with E-state index in [-0.39, 0.29) is 5.91 Å². The van der Waals surface area contributed by atoms with Crippen LogP contribution in [0.2, 0.25) is 0 Å². The third kappa shape index (κ3) is 4.20. The largest absolute Gasteiger partial charge is 0.385 e. The molecule has 0 saturated heterocycles. The van der Waals surface area contributed by atoms with Gasteiger partial charge in [0.25, 0.3) is 5.91 Å². The SMILES string of the molecule is CCN(C(=O)c1cc(NCCc2c[nH]c3ccccc23)ccn1)c1cccc(C)c1. The molecule has 0 unspecified atom stereocenters. The number of aromatic nitrogens is 2. The number of H-pyrrole nitrogens is 1. The number of fused-ring (bicyclic) bond motifs is 1. The van der Waals surface area contributed by atoms with Crippen molar-refractivity contribution in [1.29, 1.82) is 0 Å². The molecule has 2 aromatic carbocycles. The van der Waals surface area contributed by atoms with E-state index in [1.807, 2.05) is 56.3 Å². The average Bonchev–Trinajstić information content (AvgIpc) is 3.18. The lowest BCUT2D eigenvalue weighted by molar-refractivity contribution is 0.0983. The van der Waals surface area contributed by atoms with Crippen LogP contribution in [0.15, 0.2) is 73.1 Å². The van der Waals surface area contributed by atoms with Gasteiger partial charge >= 0.3 is 0 Å². The second-order valence-corrected chi connectivity index (χ2v) is 7.35. The second-order valence-electron chi connectivity index (χ2n) is 7.35. The maximum Gasteiger partial charge on any atom is 0.276 e. The van der Waals surface area contributed by atoms with Gasteiger partial charge in [-0.3, -0.25) is 9.78 Å². The highest BCUT2D eigenvalue weighted by Crippen LogP contribution is 2.20. The summed E-state index contributed by atoms with van der Waals surface area (Å²) in [4.78, 5) is 22.5. The number of hydrogen-bond donors (Lipinski definition) is 2. The molecule has 1 amide bonds. The molecule has 0 aliphatic carbocycles. The highest BCUT2D eigenvalue weighted by atomic mass is 16.2. The highest BCUT2D eigenvalue weighted by molar-refractivity contribution is 6.05. The number of amides is 1. The van der Waals surface area contributed by atoms with Crippen LogP contribution in [0.3, 0.4) is 0 Å². The zero-order valence-electron chi connectivity index (χ0n) is 17.4. The summed E-state index contributed by atoms with van der Waals surface area (Å²) in [6.07, 6.45) is 4.64. The monoisotopic (exact) mass is 398 g/mol. The summed E-state index contributed by atoms with van der Waals surface area (Å²) in [5.74, 6) is -0.0941. The van der Waals surface area contributed by atoms with Crippen molar-refractivity contribution >= 4 is 28.2 Å². The molecule has 0 radical (unpaired) electrons. The van der Waals surface area contributed by atoms with Gasteiger partial charge in [0.15, 0.2) is 0 Å². The van der Waals surface area contributed by atoms with Gasteiger partial charge in [0.2, 0.25) is 0 Å². The van der Waals surface area contributed by atoms with Gasteiger partial charge in [0.05, 0.1) is 0 Å². The first-order valence-electron chi connectivity index (χ1n) is 10.3. The Hall–Kier alpha value is -3.60. The molecule has 2 N–H and O–H groups in total. The number of benzene rings is 2. The summed E-state index contributed by atoms with van der Waals surface area (Å²) in [5.41, 5.74) is 5.78. The summed E-state index contributed by atoms with van der Waals surface area (Å²) in [6.45, 7) is 5.36. The van der Waals surface area contributed by atoms with Gasteiger partial charge in [-0.2, -0.15) is 0 Å². The van der Waals surface area contributed by atoms with E-state index in [2.05, 4.69) is 39.7 Å². The van der Waals surface area contributed by atoms with Crippen LogP contribution in [0.1, 0.15) is 28.5 Å². The third-order valence-corrected chi connectivity index (χ3v) is 5.25. The summed E-state index contributed by atoms with van der Waals surface area (Å²) in [6, 6.07) is 20.0. The van der Waals surface area contributed by atoms with Crippen molar-refractivity contribution in [1.82, 2.24) is 9.97 Å². The van der Waals surface area contributed by atoms with Crippen molar-refractivity contribution in [2.24, 2.45) is 0 Å². The third-order valence-electron chi connectivity index (χ3n) is 5.25. The molecule has 0 bridgehead atoms. The smallest absolute Gasteiger partial charge is 0.276 e. The molecule has 0 fully saturated rings. The Balaban J connectivity index is 1.44. The highest BCUT2D eigenvalue weighted by Gasteiger charge is 2.18. The predicted molar refractivity (Wildman–Crippen MR) is 123 cm³/mol. The van der Waals surface area contributed by atoms with E-state index in [1.54, 1.807) is 11.1 Å². The maximum atomic E-state index is 13.1. The first-order chi connectivity index (χ1) is 14.7. The quantitative estimate of drug-likeness (QED) is 0.450. The van der Waals surface area contributed by atoms with Crippen molar-refractivity contribution in [2.75, 3.05) is 23.3 Å². The van der Waals surface area contributed by atoms with Crippen LogP contribution in [0.4, 0.5) is 11.4 Å². The lowest BCUT2D eigenvalue weighted by atomic mass is 10.1. The van der Waals surface area contributed by atoms with Crippen LogP contribution < -0.4 is 10.2 Å². The molecule has 30 heavy (non-hydrogen) atoms. The maximum absolute atomic E-state index is 13.1. The van der Waals surface area contributed by atoms with Gasteiger partial charge in [-0.15, -0.1) is 0 Å². The van der Waals surface area contributed by atoms with Gasteiger partial charge < -0.3 is 15.2 Å². The number of hydrogen-bond acceptors (Lipinski definition) is 3. The van der Waals surface area contributed by atoms with E-state index >= 15 is 0 Å². The van der Waals surface area contributed by atoms with Crippen LogP contribution >= 0.6 is 0 Å². The number of nitrogens with zero attached hydrogens (tertiary/aromatic N) is 2. The molecule has 0 aliphatic heterocycles. The molecule has 5 nitrogen and oxygen atoms in total. The van der Waals surface area contributed by atoms with E-state index in [4.69, 9.17) is 0 Å². The lowest BCUT2D eigenvalue weighted by Crippen LogP contribution is -2.31. The minimum Gasteiger partial charge on any atom is -0.385 e. The Morgan fingerprint density at radius 2 is 1.97 bits per heavy atom. The fraction of sp³-hybridized carbons (Fsp3) is 0.200. The van der Waals surface area contributed by atoms with E-state index in [9.17, 15) is 4.79 Å². The predicted octanol–water partition coefficient (Wildman–Crippen LogP) is 5.19. The summed E-state index contributed by atoms with van der Waals surface area (Å²) in [5, 5.41) is 4.68. The van der Waals surface area contributed by atoms with Crippen LogP contribution in [-0.2, 0) is 6.42 Å². The van der Waals surface area contributed by atoms with Gasteiger partial charge in [0, 0.05) is 47.8 Å². The summed E-state index contributed by atoms with van der Waals surface area (Å²) in [7, 11) is 0. The topological polar surface area (TPSA) is 61.0 Å². The lowest BCUT2D eigenvalue weighted by Gasteiger charge is -2.21. The van der Waals surface area contributed by atoms with Crippen molar-refractivity contribution < 1.29 is 4.79 Å². The Bertz CT molecular complexity index is 1160. The molecule has 0 atom stereocenters. The van der Waals surface area contributed by atoms with Gasteiger partial charge in [-0.05, 0) is 61.7 Å². The molecular formula is C25H26N4O. The normalized spacial score (nSPS) is 10.9. The van der Waals surface area contributed by atoms with E-state index in [1.165, 1.54) is 10.9 Å². The van der Waals surface area contributed by atoms with E-state index < -0.39 is 0 Å². The molecular weight excluding hydrogens is 372 g/mol. The summed E-state index contributed by atoms with van der Waals surface area (Å²) >= 11 is 0.